The molecule has 5 heteroatoms. The zero-order valence-electron chi connectivity index (χ0n) is 13.0. The molecule has 0 amide bonds. The van der Waals surface area contributed by atoms with Crippen molar-refractivity contribution in [1.29, 1.82) is 0 Å². The van der Waals surface area contributed by atoms with Crippen LogP contribution in [0.5, 0.6) is 0 Å². The summed E-state index contributed by atoms with van der Waals surface area (Å²) >= 11 is 0. The van der Waals surface area contributed by atoms with E-state index in [1.807, 2.05) is 4.90 Å². The van der Waals surface area contributed by atoms with Crippen LogP contribution in [0.3, 0.4) is 0 Å². The Balaban J connectivity index is 2.55. The molecule has 1 rings (SSSR count). The zero-order valence-corrected chi connectivity index (χ0v) is 13.0. The number of rotatable bonds is 11. The topological polar surface area (TPSA) is 41.9 Å². The Morgan fingerprint density at radius 1 is 1.41 bits per heavy atom. The Bertz CT molecular complexity index is 461. The van der Waals surface area contributed by atoms with Crippen molar-refractivity contribution in [3.8, 4) is 12.3 Å². The number of terminal acetylenes is 1. The average Bonchev–Trinajstić information content (AvgIpc) is 2.50. The Kier molecular flexibility index (Phi) is 9.44. The minimum Gasteiger partial charge on any atom is -0.389 e. The fourth-order valence-corrected chi connectivity index (χ4v) is 2.14. The highest BCUT2D eigenvalue weighted by Gasteiger charge is 2.14. The van der Waals surface area contributed by atoms with Crippen molar-refractivity contribution in [1.82, 2.24) is 4.90 Å². The molecular formula is C17H24FNO3. The lowest BCUT2D eigenvalue weighted by Gasteiger charge is -2.25. The number of methoxy groups -OCH3 is 1. The SMILES string of the molecule is C#CCOCC(O)CN(CCCOC)Cc1ccccc1F. The summed E-state index contributed by atoms with van der Waals surface area (Å²) in [5.41, 5.74) is 0.608. The molecule has 0 radical (unpaired) electrons. The fraction of sp³-hybridized carbons (Fsp3) is 0.529. The number of hydrogen-bond acceptors (Lipinski definition) is 4. The van der Waals surface area contributed by atoms with E-state index in [1.54, 1.807) is 25.3 Å². The van der Waals surface area contributed by atoms with Crippen LogP contribution in [-0.4, -0.2) is 56.1 Å². The van der Waals surface area contributed by atoms with Gasteiger partial charge < -0.3 is 14.6 Å². The second-order valence-corrected chi connectivity index (χ2v) is 5.05. The first-order valence-corrected chi connectivity index (χ1v) is 7.31. The number of halogens is 1. The van der Waals surface area contributed by atoms with Gasteiger partial charge in [-0.05, 0) is 12.5 Å². The number of ether oxygens (including phenoxy) is 2. The summed E-state index contributed by atoms with van der Waals surface area (Å²) in [7, 11) is 1.64. The van der Waals surface area contributed by atoms with Crippen LogP contribution < -0.4 is 0 Å². The van der Waals surface area contributed by atoms with Gasteiger partial charge in [-0.1, -0.05) is 24.1 Å². The molecule has 0 saturated carbocycles. The first-order chi connectivity index (χ1) is 10.7. The van der Waals surface area contributed by atoms with E-state index in [1.165, 1.54) is 6.07 Å². The van der Waals surface area contributed by atoms with E-state index in [0.29, 0.717) is 31.8 Å². The van der Waals surface area contributed by atoms with Gasteiger partial charge in [0.25, 0.3) is 0 Å². The van der Waals surface area contributed by atoms with E-state index in [9.17, 15) is 9.50 Å². The molecule has 0 aliphatic heterocycles. The Labute approximate surface area is 131 Å². The van der Waals surface area contributed by atoms with Crippen LogP contribution in [0.4, 0.5) is 4.39 Å². The molecule has 1 aromatic rings. The van der Waals surface area contributed by atoms with Gasteiger partial charge in [-0.25, -0.2) is 4.39 Å². The molecule has 122 valence electrons. The number of benzene rings is 1. The number of nitrogens with zero attached hydrogens (tertiary/aromatic N) is 1. The van der Waals surface area contributed by atoms with Crippen molar-refractivity contribution in [3.63, 3.8) is 0 Å². The molecule has 22 heavy (non-hydrogen) atoms. The third-order valence-corrected chi connectivity index (χ3v) is 3.14. The van der Waals surface area contributed by atoms with E-state index in [-0.39, 0.29) is 19.0 Å². The summed E-state index contributed by atoms with van der Waals surface area (Å²) < 4.78 is 23.9. The maximum atomic E-state index is 13.8. The van der Waals surface area contributed by atoms with Crippen molar-refractivity contribution < 1.29 is 19.0 Å². The van der Waals surface area contributed by atoms with Gasteiger partial charge in [0.05, 0.1) is 12.7 Å². The quantitative estimate of drug-likeness (QED) is 0.499. The van der Waals surface area contributed by atoms with Crippen LogP contribution in [0.2, 0.25) is 0 Å². The lowest BCUT2D eigenvalue weighted by Crippen LogP contribution is -2.36. The third-order valence-electron chi connectivity index (χ3n) is 3.14. The molecule has 0 aliphatic carbocycles. The molecule has 0 fully saturated rings. The molecular weight excluding hydrogens is 285 g/mol. The van der Waals surface area contributed by atoms with Crippen molar-refractivity contribution in [2.24, 2.45) is 0 Å². The van der Waals surface area contributed by atoms with Crippen molar-refractivity contribution in [2.45, 2.75) is 19.1 Å². The monoisotopic (exact) mass is 309 g/mol. The average molecular weight is 309 g/mol. The van der Waals surface area contributed by atoms with Crippen molar-refractivity contribution >= 4 is 0 Å². The summed E-state index contributed by atoms with van der Waals surface area (Å²) in [6, 6.07) is 6.66. The first kappa shape index (κ1) is 18.6. The van der Waals surface area contributed by atoms with Gasteiger partial charge in [0, 0.05) is 38.9 Å². The van der Waals surface area contributed by atoms with E-state index in [4.69, 9.17) is 15.9 Å². The maximum absolute atomic E-state index is 13.8. The summed E-state index contributed by atoms with van der Waals surface area (Å²) in [6.45, 7) is 2.49. The smallest absolute Gasteiger partial charge is 0.127 e. The second-order valence-electron chi connectivity index (χ2n) is 5.05. The standard InChI is InChI=1S/C17H24FNO3/c1-3-10-22-14-16(20)13-19(9-6-11-21-2)12-15-7-4-5-8-17(15)18/h1,4-5,7-8,16,20H,6,9-14H2,2H3. The van der Waals surface area contributed by atoms with Gasteiger partial charge in [0.15, 0.2) is 0 Å². The number of aliphatic hydroxyl groups is 1. The minimum atomic E-state index is -0.664. The second kappa shape index (κ2) is 11.2. The third kappa shape index (κ3) is 7.53. The fourth-order valence-electron chi connectivity index (χ4n) is 2.14. The van der Waals surface area contributed by atoms with Crippen LogP contribution in [0.1, 0.15) is 12.0 Å². The molecule has 1 atom stereocenters. The van der Waals surface area contributed by atoms with Crippen molar-refractivity contribution in [2.75, 3.05) is 40.0 Å². The predicted octanol–water partition coefficient (Wildman–Crippen LogP) is 1.67. The molecule has 1 aromatic carbocycles. The molecule has 1 unspecified atom stereocenters. The molecule has 0 aliphatic rings. The summed E-state index contributed by atoms with van der Waals surface area (Å²) in [5.74, 6) is 2.11. The molecule has 0 heterocycles. The Morgan fingerprint density at radius 3 is 2.86 bits per heavy atom. The lowest BCUT2D eigenvalue weighted by atomic mass is 10.2. The van der Waals surface area contributed by atoms with Gasteiger partial charge in [-0.2, -0.15) is 0 Å². The zero-order chi connectivity index (χ0) is 16.2. The molecule has 0 spiro atoms. The highest BCUT2D eigenvalue weighted by atomic mass is 19.1. The Morgan fingerprint density at radius 2 is 2.18 bits per heavy atom. The van der Waals surface area contributed by atoms with E-state index in [0.717, 1.165) is 6.42 Å². The van der Waals surface area contributed by atoms with Gasteiger partial charge in [-0.3, -0.25) is 4.90 Å². The first-order valence-electron chi connectivity index (χ1n) is 7.31. The highest BCUT2D eigenvalue weighted by molar-refractivity contribution is 5.17. The maximum Gasteiger partial charge on any atom is 0.127 e. The summed E-state index contributed by atoms with van der Waals surface area (Å²) in [5, 5.41) is 9.99. The van der Waals surface area contributed by atoms with Crippen LogP contribution in [-0.2, 0) is 16.0 Å². The van der Waals surface area contributed by atoms with E-state index >= 15 is 0 Å². The van der Waals surface area contributed by atoms with Crippen LogP contribution in [0.15, 0.2) is 24.3 Å². The normalized spacial score (nSPS) is 12.3. The van der Waals surface area contributed by atoms with Gasteiger partial charge in [0.1, 0.15) is 12.4 Å². The minimum absolute atomic E-state index is 0.169. The van der Waals surface area contributed by atoms with Crippen molar-refractivity contribution in [3.05, 3.63) is 35.6 Å². The van der Waals surface area contributed by atoms with E-state index < -0.39 is 6.10 Å². The van der Waals surface area contributed by atoms with Crippen LogP contribution in [0.25, 0.3) is 0 Å². The predicted molar refractivity (Wildman–Crippen MR) is 83.8 cm³/mol. The summed E-state index contributed by atoms with van der Waals surface area (Å²) in [4.78, 5) is 1.99. The van der Waals surface area contributed by atoms with Crippen LogP contribution >= 0.6 is 0 Å². The van der Waals surface area contributed by atoms with Gasteiger partial charge in [0.2, 0.25) is 0 Å². The van der Waals surface area contributed by atoms with E-state index in [2.05, 4.69) is 5.92 Å². The molecule has 4 nitrogen and oxygen atoms in total. The van der Waals surface area contributed by atoms with Crippen LogP contribution in [0, 0.1) is 18.2 Å². The highest BCUT2D eigenvalue weighted by Crippen LogP contribution is 2.11. The van der Waals surface area contributed by atoms with Gasteiger partial charge in [-0.15, -0.1) is 6.42 Å². The molecule has 0 saturated heterocycles. The molecule has 1 N–H and O–H groups in total. The largest absolute Gasteiger partial charge is 0.389 e. The number of hydrogen-bond donors (Lipinski definition) is 1. The summed E-state index contributed by atoms with van der Waals surface area (Å²) in [6.07, 6.45) is 5.24. The van der Waals surface area contributed by atoms with Gasteiger partial charge >= 0.3 is 0 Å². The Hall–Kier alpha value is -1.45. The molecule has 0 bridgehead atoms. The number of aliphatic hydroxyl groups excluding tert-OH is 1. The lowest BCUT2D eigenvalue weighted by molar-refractivity contribution is 0.0242. The molecule has 0 aromatic heterocycles.